The van der Waals surface area contributed by atoms with Crippen LogP contribution in [0.5, 0.6) is 5.75 Å². The van der Waals surface area contributed by atoms with Gasteiger partial charge in [-0.25, -0.2) is 0 Å². The topological polar surface area (TPSA) is 71.5 Å². The fraction of sp³-hybridized carbons (Fsp3) is 0.316. The Hall–Kier alpha value is -2.89. The molecule has 6 heteroatoms. The lowest BCUT2D eigenvalue weighted by Crippen LogP contribution is -2.38. The lowest BCUT2D eigenvalue weighted by atomic mass is 10.1. The molecule has 0 saturated carbocycles. The van der Waals surface area contributed by atoms with Crippen LogP contribution >= 0.6 is 0 Å². The van der Waals surface area contributed by atoms with E-state index >= 15 is 0 Å². The fourth-order valence-corrected chi connectivity index (χ4v) is 2.42. The number of methoxy groups -OCH3 is 1. The summed E-state index contributed by atoms with van der Waals surface area (Å²) in [4.78, 5) is 29.4. The van der Waals surface area contributed by atoms with Gasteiger partial charge in [-0.2, -0.15) is 0 Å². The minimum absolute atomic E-state index is 0.0153. The zero-order valence-electron chi connectivity index (χ0n) is 14.6. The maximum absolute atomic E-state index is 12.0. The van der Waals surface area contributed by atoms with Crippen LogP contribution in [-0.4, -0.2) is 48.4 Å². The number of carbonyl (C=O) groups is 2. The molecule has 1 heterocycles. The molecule has 0 atom stereocenters. The smallest absolute Gasteiger partial charge is 0.252 e. The van der Waals surface area contributed by atoms with Crippen LogP contribution in [0.25, 0.3) is 0 Å². The normalized spacial score (nSPS) is 10.2. The Bertz CT molecular complexity index is 704. The molecule has 2 rings (SSSR count). The van der Waals surface area contributed by atoms with E-state index in [1.807, 2.05) is 24.3 Å². The van der Waals surface area contributed by atoms with Crippen LogP contribution in [0.1, 0.15) is 22.8 Å². The second-order valence-electron chi connectivity index (χ2n) is 5.61. The van der Waals surface area contributed by atoms with Crippen molar-refractivity contribution >= 4 is 11.8 Å². The number of aromatic nitrogens is 1. The van der Waals surface area contributed by atoms with Gasteiger partial charge in [-0.3, -0.25) is 14.6 Å². The Morgan fingerprint density at radius 2 is 2.04 bits per heavy atom. The summed E-state index contributed by atoms with van der Waals surface area (Å²) in [5.41, 5.74) is 1.61. The highest BCUT2D eigenvalue weighted by Gasteiger charge is 2.10. The lowest BCUT2D eigenvalue weighted by molar-refractivity contribution is -0.128. The summed E-state index contributed by atoms with van der Waals surface area (Å²) in [6, 6.07) is 11.2. The molecule has 0 radical (unpaired) electrons. The molecular weight excluding hydrogens is 318 g/mol. The van der Waals surface area contributed by atoms with Gasteiger partial charge < -0.3 is 15.0 Å². The van der Waals surface area contributed by atoms with Crippen molar-refractivity contribution in [2.75, 3.05) is 26.7 Å². The van der Waals surface area contributed by atoms with Crippen LogP contribution in [0, 0.1) is 0 Å². The largest absolute Gasteiger partial charge is 0.497 e. The van der Waals surface area contributed by atoms with Gasteiger partial charge in [0.1, 0.15) is 5.75 Å². The van der Waals surface area contributed by atoms with Gasteiger partial charge in [0.05, 0.1) is 12.7 Å². The molecule has 0 saturated heterocycles. The van der Waals surface area contributed by atoms with Crippen molar-refractivity contribution in [2.45, 2.75) is 13.3 Å². The predicted molar refractivity (Wildman–Crippen MR) is 95.5 cm³/mol. The standard InChI is InChI=1S/C19H23N3O3/c1-15(23)22(11-8-16-5-3-7-18(13-16)25-2)12-10-21-19(24)17-6-4-9-20-14-17/h3-7,9,13-14H,8,10-12H2,1-2H3,(H,21,24). The summed E-state index contributed by atoms with van der Waals surface area (Å²) in [6.07, 6.45) is 3.86. The molecular formula is C19H23N3O3. The molecule has 0 aliphatic heterocycles. The quantitative estimate of drug-likeness (QED) is 0.796. The summed E-state index contributed by atoms with van der Waals surface area (Å²) in [5, 5.41) is 2.81. The van der Waals surface area contributed by atoms with Gasteiger partial charge in [0.25, 0.3) is 5.91 Å². The highest BCUT2D eigenvalue weighted by Crippen LogP contribution is 2.13. The van der Waals surface area contributed by atoms with Crippen molar-refractivity contribution in [1.82, 2.24) is 15.2 Å². The Labute approximate surface area is 147 Å². The zero-order valence-corrected chi connectivity index (χ0v) is 14.6. The van der Waals surface area contributed by atoms with Gasteiger partial charge in [-0.05, 0) is 36.2 Å². The van der Waals surface area contributed by atoms with Crippen molar-refractivity contribution < 1.29 is 14.3 Å². The molecule has 6 nitrogen and oxygen atoms in total. The van der Waals surface area contributed by atoms with Crippen molar-refractivity contribution in [3.8, 4) is 5.75 Å². The first-order valence-corrected chi connectivity index (χ1v) is 8.17. The van der Waals surface area contributed by atoms with E-state index in [4.69, 9.17) is 4.74 Å². The van der Waals surface area contributed by atoms with E-state index in [1.54, 1.807) is 30.3 Å². The molecule has 0 aliphatic carbocycles. The number of carbonyl (C=O) groups excluding carboxylic acids is 2. The number of hydrogen-bond donors (Lipinski definition) is 1. The molecule has 1 aromatic carbocycles. The predicted octanol–water partition coefficient (Wildman–Crippen LogP) is 1.91. The van der Waals surface area contributed by atoms with Gasteiger partial charge in [-0.1, -0.05) is 12.1 Å². The Kier molecular flexibility index (Phi) is 6.95. The molecule has 132 valence electrons. The molecule has 2 aromatic rings. The third-order valence-corrected chi connectivity index (χ3v) is 3.84. The monoisotopic (exact) mass is 341 g/mol. The average Bonchev–Trinajstić information content (AvgIpc) is 2.64. The number of benzene rings is 1. The van der Waals surface area contributed by atoms with E-state index in [0.29, 0.717) is 25.2 Å². The van der Waals surface area contributed by atoms with E-state index in [-0.39, 0.29) is 11.8 Å². The van der Waals surface area contributed by atoms with Gasteiger partial charge in [-0.15, -0.1) is 0 Å². The molecule has 2 amide bonds. The van der Waals surface area contributed by atoms with E-state index in [0.717, 1.165) is 17.7 Å². The SMILES string of the molecule is COc1cccc(CCN(CCNC(=O)c2cccnc2)C(C)=O)c1. The van der Waals surface area contributed by atoms with Gasteiger partial charge >= 0.3 is 0 Å². The number of ether oxygens (including phenoxy) is 1. The van der Waals surface area contributed by atoms with Crippen LogP contribution < -0.4 is 10.1 Å². The van der Waals surface area contributed by atoms with Crippen LogP contribution in [0.3, 0.4) is 0 Å². The average molecular weight is 341 g/mol. The van der Waals surface area contributed by atoms with E-state index < -0.39 is 0 Å². The maximum Gasteiger partial charge on any atom is 0.252 e. The molecule has 25 heavy (non-hydrogen) atoms. The molecule has 0 bridgehead atoms. The number of amides is 2. The summed E-state index contributed by atoms with van der Waals surface area (Å²) >= 11 is 0. The summed E-state index contributed by atoms with van der Waals surface area (Å²) < 4.78 is 5.21. The molecule has 0 fully saturated rings. The van der Waals surface area contributed by atoms with E-state index in [9.17, 15) is 9.59 Å². The summed E-state index contributed by atoms with van der Waals surface area (Å²) in [5.74, 6) is 0.596. The van der Waals surface area contributed by atoms with Crippen molar-refractivity contribution in [1.29, 1.82) is 0 Å². The fourth-order valence-electron chi connectivity index (χ4n) is 2.42. The molecule has 0 unspecified atom stereocenters. The summed E-state index contributed by atoms with van der Waals surface area (Å²) in [7, 11) is 1.63. The summed E-state index contributed by atoms with van der Waals surface area (Å²) in [6.45, 7) is 2.98. The van der Waals surface area contributed by atoms with Crippen molar-refractivity contribution in [2.24, 2.45) is 0 Å². The van der Waals surface area contributed by atoms with Crippen molar-refractivity contribution in [3.05, 3.63) is 59.9 Å². The zero-order chi connectivity index (χ0) is 18.1. The number of pyridine rings is 1. The Balaban J connectivity index is 1.82. The first-order chi connectivity index (χ1) is 12.1. The highest BCUT2D eigenvalue weighted by atomic mass is 16.5. The van der Waals surface area contributed by atoms with Gasteiger partial charge in [0, 0.05) is 39.0 Å². The van der Waals surface area contributed by atoms with E-state index in [1.165, 1.54) is 13.1 Å². The maximum atomic E-state index is 12.0. The Morgan fingerprint density at radius 3 is 2.72 bits per heavy atom. The van der Waals surface area contributed by atoms with Gasteiger partial charge in [0.15, 0.2) is 0 Å². The second kappa shape index (κ2) is 9.42. The number of nitrogens with one attached hydrogen (secondary N) is 1. The van der Waals surface area contributed by atoms with Crippen LogP contribution in [0.15, 0.2) is 48.8 Å². The first kappa shape index (κ1) is 18.4. The minimum Gasteiger partial charge on any atom is -0.497 e. The number of hydrogen-bond acceptors (Lipinski definition) is 4. The van der Waals surface area contributed by atoms with E-state index in [2.05, 4.69) is 10.3 Å². The first-order valence-electron chi connectivity index (χ1n) is 8.17. The van der Waals surface area contributed by atoms with Crippen molar-refractivity contribution in [3.63, 3.8) is 0 Å². The van der Waals surface area contributed by atoms with Crippen LogP contribution in [0.4, 0.5) is 0 Å². The third-order valence-electron chi connectivity index (χ3n) is 3.84. The van der Waals surface area contributed by atoms with Crippen LogP contribution in [0.2, 0.25) is 0 Å². The second-order valence-corrected chi connectivity index (χ2v) is 5.61. The number of rotatable bonds is 8. The van der Waals surface area contributed by atoms with Gasteiger partial charge in [0.2, 0.25) is 5.91 Å². The highest BCUT2D eigenvalue weighted by molar-refractivity contribution is 5.93. The molecule has 0 spiro atoms. The number of nitrogens with zero attached hydrogens (tertiary/aromatic N) is 2. The minimum atomic E-state index is -0.190. The lowest BCUT2D eigenvalue weighted by Gasteiger charge is -2.21. The third kappa shape index (κ3) is 5.91. The molecule has 1 N–H and O–H groups in total. The molecule has 1 aromatic heterocycles. The van der Waals surface area contributed by atoms with Crippen LogP contribution in [-0.2, 0) is 11.2 Å². The Morgan fingerprint density at radius 1 is 1.20 bits per heavy atom. The molecule has 0 aliphatic rings.